The van der Waals surface area contributed by atoms with Gasteiger partial charge in [0.05, 0.1) is 11.4 Å². The third kappa shape index (κ3) is 3.05. The fourth-order valence-electron chi connectivity index (χ4n) is 2.39. The molecule has 1 fully saturated rings. The van der Waals surface area contributed by atoms with E-state index in [1.807, 2.05) is 6.92 Å². The molecular weight excluding hydrogens is 248 g/mol. The summed E-state index contributed by atoms with van der Waals surface area (Å²) in [6, 6.07) is 0.436. The van der Waals surface area contributed by atoms with E-state index in [1.165, 1.54) is 12.8 Å². The Labute approximate surface area is 113 Å². The SMILES string of the molecule is Cc1nc(Cl)nc(NC2CCC(C)(C)CC2)c1N. The van der Waals surface area contributed by atoms with Gasteiger partial charge in [0.1, 0.15) is 0 Å². The highest BCUT2D eigenvalue weighted by atomic mass is 35.5. The van der Waals surface area contributed by atoms with Crippen molar-refractivity contribution in [2.45, 2.75) is 52.5 Å². The molecule has 0 aromatic carbocycles. The molecule has 0 bridgehead atoms. The Bertz CT molecular complexity index is 435. The van der Waals surface area contributed by atoms with E-state index in [9.17, 15) is 0 Å². The first kappa shape index (κ1) is 13.4. The highest BCUT2D eigenvalue weighted by molar-refractivity contribution is 6.28. The number of nitrogens with two attached hydrogens (primary N) is 1. The van der Waals surface area contributed by atoms with E-state index in [0.29, 0.717) is 23.0 Å². The van der Waals surface area contributed by atoms with E-state index in [0.717, 1.165) is 18.5 Å². The average Bonchev–Trinajstić information content (AvgIpc) is 2.28. The second-order valence-corrected chi connectivity index (χ2v) is 6.26. The molecule has 1 saturated carbocycles. The van der Waals surface area contributed by atoms with Crippen molar-refractivity contribution in [2.75, 3.05) is 11.1 Å². The minimum absolute atomic E-state index is 0.250. The number of aromatic nitrogens is 2. The molecule has 18 heavy (non-hydrogen) atoms. The van der Waals surface area contributed by atoms with Crippen molar-refractivity contribution in [2.24, 2.45) is 5.41 Å². The highest BCUT2D eigenvalue weighted by Crippen LogP contribution is 2.36. The van der Waals surface area contributed by atoms with Gasteiger partial charge in [0.25, 0.3) is 0 Å². The fourth-order valence-corrected chi connectivity index (χ4v) is 2.61. The Morgan fingerprint density at radius 2 is 1.89 bits per heavy atom. The topological polar surface area (TPSA) is 63.8 Å². The number of halogens is 1. The first-order valence-corrected chi connectivity index (χ1v) is 6.81. The van der Waals surface area contributed by atoms with Crippen LogP contribution in [0.3, 0.4) is 0 Å². The zero-order valence-electron chi connectivity index (χ0n) is 11.3. The normalized spacial score (nSPS) is 19.8. The Kier molecular flexibility index (Phi) is 3.66. The van der Waals surface area contributed by atoms with E-state index < -0.39 is 0 Å². The minimum Gasteiger partial charge on any atom is -0.394 e. The monoisotopic (exact) mass is 268 g/mol. The third-order valence-electron chi connectivity index (χ3n) is 3.79. The zero-order chi connectivity index (χ0) is 13.3. The molecule has 2 rings (SSSR count). The average molecular weight is 269 g/mol. The summed E-state index contributed by atoms with van der Waals surface area (Å²) in [5.41, 5.74) is 7.77. The van der Waals surface area contributed by atoms with Crippen LogP contribution in [0.4, 0.5) is 11.5 Å². The first-order chi connectivity index (χ1) is 8.37. The molecule has 1 heterocycles. The number of hydrogen-bond acceptors (Lipinski definition) is 4. The first-order valence-electron chi connectivity index (χ1n) is 6.43. The second kappa shape index (κ2) is 4.92. The lowest BCUT2D eigenvalue weighted by Crippen LogP contribution is -2.30. The Morgan fingerprint density at radius 1 is 1.28 bits per heavy atom. The number of aryl methyl sites for hydroxylation is 1. The van der Waals surface area contributed by atoms with Crippen LogP contribution in [0.2, 0.25) is 5.28 Å². The standard InChI is InChI=1S/C13H21ClN4/c1-8-10(15)11(18-12(14)16-8)17-9-4-6-13(2,3)7-5-9/h9H,4-7,15H2,1-3H3,(H,16,17,18). The molecule has 0 spiro atoms. The summed E-state index contributed by atoms with van der Waals surface area (Å²) in [5, 5.41) is 3.66. The van der Waals surface area contributed by atoms with Gasteiger partial charge >= 0.3 is 0 Å². The minimum atomic E-state index is 0.250. The van der Waals surface area contributed by atoms with Crippen LogP contribution in [-0.4, -0.2) is 16.0 Å². The van der Waals surface area contributed by atoms with Crippen molar-refractivity contribution in [1.29, 1.82) is 0 Å². The van der Waals surface area contributed by atoms with Crippen molar-refractivity contribution in [3.63, 3.8) is 0 Å². The van der Waals surface area contributed by atoms with Crippen molar-refractivity contribution >= 4 is 23.1 Å². The van der Waals surface area contributed by atoms with Crippen LogP contribution in [-0.2, 0) is 0 Å². The van der Waals surface area contributed by atoms with Crippen LogP contribution in [0.1, 0.15) is 45.2 Å². The van der Waals surface area contributed by atoms with E-state index in [-0.39, 0.29) is 5.28 Å². The second-order valence-electron chi connectivity index (χ2n) is 5.92. The fraction of sp³-hybridized carbons (Fsp3) is 0.692. The number of anilines is 2. The zero-order valence-corrected chi connectivity index (χ0v) is 12.0. The van der Waals surface area contributed by atoms with E-state index in [1.54, 1.807) is 0 Å². The van der Waals surface area contributed by atoms with Gasteiger partial charge < -0.3 is 11.1 Å². The van der Waals surface area contributed by atoms with Gasteiger partial charge in [0, 0.05) is 6.04 Å². The number of nitrogens with one attached hydrogen (secondary N) is 1. The molecule has 0 atom stereocenters. The molecule has 100 valence electrons. The van der Waals surface area contributed by atoms with Gasteiger partial charge in [0.15, 0.2) is 5.82 Å². The predicted molar refractivity (Wildman–Crippen MR) is 75.9 cm³/mol. The molecule has 1 aliphatic rings. The molecule has 5 heteroatoms. The number of rotatable bonds is 2. The van der Waals surface area contributed by atoms with Crippen molar-refractivity contribution in [3.8, 4) is 0 Å². The Morgan fingerprint density at radius 3 is 2.50 bits per heavy atom. The summed E-state index contributed by atoms with van der Waals surface area (Å²) in [5.74, 6) is 0.678. The van der Waals surface area contributed by atoms with Crippen molar-refractivity contribution in [3.05, 3.63) is 11.0 Å². The van der Waals surface area contributed by atoms with Crippen LogP contribution in [0.5, 0.6) is 0 Å². The molecule has 4 nitrogen and oxygen atoms in total. The summed E-state index contributed by atoms with van der Waals surface area (Å²) in [6.07, 6.45) is 4.74. The molecular formula is C13H21ClN4. The van der Waals surface area contributed by atoms with Gasteiger partial charge in [-0.3, -0.25) is 0 Å². The molecule has 0 saturated heterocycles. The lowest BCUT2D eigenvalue weighted by atomic mass is 9.75. The van der Waals surface area contributed by atoms with E-state index in [4.69, 9.17) is 17.3 Å². The maximum absolute atomic E-state index is 5.98. The summed E-state index contributed by atoms with van der Waals surface area (Å²) in [6.45, 7) is 6.49. The lowest BCUT2D eigenvalue weighted by Gasteiger charge is -2.35. The number of hydrogen-bond donors (Lipinski definition) is 2. The van der Waals surface area contributed by atoms with Gasteiger partial charge in [-0.05, 0) is 49.6 Å². The van der Waals surface area contributed by atoms with Gasteiger partial charge in [-0.1, -0.05) is 13.8 Å². The van der Waals surface area contributed by atoms with E-state index in [2.05, 4.69) is 29.1 Å². The number of nitrogen functional groups attached to an aromatic ring is 1. The van der Waals surface area contributed by atoms with Gasteiger partial charge in [-0.2, -0.15) is 4.98 Å². The summed E-state index contributed by atoms with van der Waals surface area (Å²) in [4.78, 5) is 8.22. The molecule has 0 unspecified atom stereocenters. The van der Waals surface area contributed by atoms with Crippen molar-refractivity contribution < 1.29 is 0 Å². The molecule has 0 aliphatic heterocycles. The maximum Gasteiger partial charge on any atom is 0.224 e. The summed E-state index contributed by atoms with van der Waals surface area (Å²) in [7, 11) is 0. The predicted octanol–water partition coefficient (Wildman–Crippen LogP) is 3.40. The molecule has 1 aromatic rings. The highest BCUT2D eigenvalue weighted by Gasteiger charge is 2.27. The molecule has 0 radical (unpaired) electrons. The molecule has 1 aromatic heterocycles. The molecule has 0 amide bonds. The quantitative estimate of drug-likeness (QED) is 0.807. The smallest absolute Gasteiger partial charge is 0.224 e. The van der Waals surface area contributed by atoms with Gasteiger partial charge in [-0.15, -0.1) is 0 Å². The van der Waals surface area contributed by atoms with Crippen LogP contribution < -0.4 is 11.1 Å². The summed E-state index contributed by atoms with van der Waals surface area (Å²) >= 11 is 5.87. The Balaban J connectivity index is 2.07. The molecule has 1 aliphatic carbocycles. The largest absolute Gasteiger partial charge is 0.394 e. The van der Waals surface area contributed by atoms with Gasteiger partial charge in [-0.25, -0.2) is 4.98 Å². The van der Waals surface area contributed by atoms with Crippen LogP contribution in [0.15, 0.2) is 0 Å². The van der Waals surface area contributed by atoms with Crippen LogP contribution in [0.25, 0.3) is 0 Å². The Hall–Kier alpha value is -1.03. The van der Waals surface area contributed by atoms with E-state index >= 15 is 0 Å². The number of nitrogens with zero attached hydrogens (tertiary/aromatic N) is 2. The summed E-state index contributed by atoms with van der Waals surface area (Å²) < 4.78 is 0. The molecule has 3 N–H and O–H groups in total. The van der Waals surface area contributed by atoms with Crippen molar-refractivity contribution in [1.82, 2.24) is 9.97 Å². The van der Waals surface area contributed by atoms with Crippen LogP contribution >= 0.6 is 11.6 Å². The lowest BCUT2D eigenvalue weighted by molar-refractivity contribution is 0.232. The maximum atomic E-state index is 5.98. The third-order valence-corrected chi connectivity index (χ3v) is 3.96. The van der Waals surface area contributed by atoms with Gasteiger partial charge in [0.2, 0.25) is 5.28 Å². The van der Waals surface area contributed by atoms with Crippen LogP contribution in [0, 0.1) is 12.3 Å².